The third-order valence-corrected chi connectivity index (χ3v) is 5.10. The van der Waals surface area contributed by atoms with Gasteiger partial charge in [-0.05, 0) is 19.3 Å². The first-order valence-corrected chi connectivity index (χ1v) is 10.2. The van der Waals surface area contributed by atoms with Gasteiger partial charge in [0.25, 0.3) is 11.6 Å². The van der Waals surface area contributed by atoms with Gasteiger partial charge in [-0.25, -0.2) is 4.79 Å². The van der Waals surface area contributed by atoms with Crippen molar-refractivity contribution in [3.05, 3.63) is 40.0 Å². The smallest absolute Gasteiger partial charge is 0.326 e. The molecule has 1 saturated heterocycles. The molecule has 0 aromatic heterocycles. The number of nitro benzene ring substituents is 1. The summed E-state index contributed by atoms with van der Waals surface area (Å²) in [5.41, 5.74) is -0.142. The van der Waals surface area contributed by atoms with Crippen LogP contribution in [0, 0.1) is 10.1 Å². The molecule has 0 aliphatic carbocycles. The number of hydrogen-bond donors (Lipinski definition) is 1. The molecule has 0 bridgehead atoms. The summed E-state index contributed by atoms with van der Waals surface area (Å²) >= 11 is 3.35. The number of aliphatic carboxylic acids is 1. The molecule has 0 unspecified atom stereocenters. The Morgan fingerprint density at radius 3 is 2.66 bits per heavy atom. The molecule has 158 valence electrons. The Morgan fingerprint density at radius 2 is 2.07 bits per heavy atom. The van der Waals surface area contributed by atoms with E-state index in [4.69, 9.17) is 9.47 Å². The number of methoxy groups -OCH3 is 1. The molecule has 1 aliphatic rings. The SMILES string of the molecule is C=C1C[C@@H](C(=O)O)N(C(=O)c2cc(OC)c(OCCCCCBr)cc2[N+](=O)[O-])C1. The fraction of sp³-hybridized carbons (Fsp3) is 0.474. The molecule has 1 aromatic rings. The van der Waals surface area contributed by atoms with Crippen LogP contribution in [0.4, 0.5) is 5.69 Å². The number of carbonyl (C=O) groups is 2. The Balaban J connectivity index is 2.33. The van der Waals surface area contributed by atoms with Crippen LogP contribution in [-0.4, -0.2) is 58.4 Å². The summed E-state index contributed by atoms with van der Waals surface area (Å²) in [6.07, 6.45) is 2.79. The lowest BCUT2D eigenvalue weighted by atomic mass is 10.1. The van der Waals surface area contributed by atoms with E-state index >= 15 is 0 Å². The average molecular weight is 471 g/mol. The number of hydrogen-bond acceptors (Lipinski definition) is 6. The minimum atomic E-state index is -1.19. The number of halogens is 1. The van der Waals surface area contributed by atoms with Gasteiger partial charge in [0.2, 0.25) is 0 Å². The normalized spacial score (nSPS) is 16.0. The summed E-state index contributed by atoms with van der Waals surface area (Å²) in [5.74, 6) is -1.61. The number of alkyl halides is 1. The van der Waals surface area contributed by atoms with Gasteiger partial charge in [-0.2, -0.15) is 0 Å². The van der Waals surface area contributed by atoms with Gasteiger partial charge in [-0.3, -0.25) is 14.9 Å². The lowest BCUT2D eigenvalue weighted by Crippen LogP contribution is -2.40. The maximum atomic E-state index is 13.0. The van der Waals surface area contributed by atoms with Crippen LogP contribution in [0.3, 0.4) is 0 Å². The van der Waals surface area contributed by atoms with Crippen LogP contribution < -0.4 is 9.47 Å². The highest BCUT2D eigenvalue weighted by molar-refractivity contribution is 9.09. The lowest BCUT2D eigenvalue weighted by molar-refractivity contribution is -0.385. The number of nitrogens with zero attached hydrogens (tertiary/aromatic N) is 2. The van der Waals surface area contributed by atoms with E-state index in [-0.39, 0.29) is 30.0 Å². The maximum Gasteiger partial charge on any atom is 0.326 e. The van der Waals surface area contributed by atoms with Gasteiger partial charge in [0.1, 0.15) is 11.6 Å². The standard InChI is InChI=1S/C19H23BrN2O7/c1-12-8-15(19(24)25)21(11-12)18(23)13-9-16(28-2)17(10-14(13)22(26)27)29-7-5-3-4-6-20/h9-10,15H,1,3-8,11H2,2H3,(H,24,25)/t15-/m0/s1. The van der Waals surface area contributed by atoms with Crippen molar-refractivity contribution in [2.24, 2.45) is 0 Å². The number of unbranched alkanes of at least 4 members (excludes halogenated alkanes) is 2. The third kappa shape index (κ3) is 5.47. The molecule has 9 nitrogen and oxygen atoms in total. The van der Waals surface area contributed by atoms with Crippen LogP contribution >= 0.6 is 15.9 Å². The van der Waals surface area contributed by atoms with Gasteiger partial charge in [-0.1, -0.05) is 28.1 Å². The van der Waals surface area contributed by atoms with E-state index < -0.39 is 28.5 Å². The van der Waals surface area contributed by atoms with Crippen molar-refractivity contribution in [2.45, 2.75) is 31.7 Å². The second-order valence-corrected chi connectivity index (χ2v) is 7.41. The van der Waals surface area contributed by atoms with Crippen LogP contribution in [0.25, 0.3) is 0 Å². The number of likely N-dealkylation sites (tertiary alicyclic amines) is 1. The van der Waals surface area contributed by atoms with E-state index in [1.54, 1.807) is 0 Å². The summed E-state index contributed by atoms with van der Waals surface area (Å²) in [6, 6.07) is 1.27. The number of carbonyl (C=O) groups excluding carboxylic acids is 1. The second kappa shape index (κ2) is 10.2. The number of nitro groups is 1. The molecule has 1 fully saturated rings. The monoisotopic (exact) mass is 470 g/mol. The first kappa shape index (κ1) is 22.7. The average Bonchev–Trinajstić information content (AvgIpc) is 3.08. The molecule has 1 N–H and O–H groups in total. The fourth-order valence-corrected chi connectivity index (χ4v) is 3.48. The first-order chi connectivity index (χ1) is 13.8. The Bertz CT molecular complexity index is 812. The van der Waals surface area contributed by atoms with Gasteiger partial charge in [0.15, 0.2) is 11.5 Å². The highest BCUT2D eigenvalue weighted by Gasteiger charge is 2.39. The summed E-state index contributed by atoms with van der Waals surface area (Å²) in [7, 11) is 1.37. The van der Waals surface area contributed by atoms with Crippen molar-refractivity contribution >= 4 is 33.5 Å². The van der Waals surface area contributed by atoms with E-state index in [9.17, 15) is 24.8 Å². The zero-order chi connectivity index (χ0) is 21.6. The van der Waals surface area contributed by atoms with Crippen molar-refractivity contribution in [3.8, 4) is 11.5 Å². The molecule has 0 spiro atoms. The molecule has 1 aromatic carbocycles. The van der Waals surface area contributed by atoms with Crippen molar-refractivity contribution in [3.63, 3.8) is 0 Å². The van der Waals surface area contributed by atoms with Gasteiger partial charge in [-0.15, -0.1) is 0 Å². The van der Waals surface area contributed by atoms with Crippen LogP contribution in [0.2, 0.25) is 0 Å². The van der Waals surface area contributed by atoms with E-state index in [0.717, 1.165) is 35.6 Å². The largest absolute Gasteiger partial charge is 0.493 e. The lowest BCUT2D eigenvalue weighted by Gasteiger charge is -2.21. The maximum absolute atomic E-state index is 13.0. The summed E-state index contributed by atoms with van der Waals surface area (Å²) in [6.45, 7) is 4.11. The molecule has 2 rings (SSSR count). The molecule has 0 saturated carbocycles. The number of benzene rings is 1. The molecule has 1 atom stereocenters. The number of carboxylic acids is 1. The minimum Gasteiger partial charge on any atom is -0.493 e. The van der Waals surface area contributed by atoms with Crippen LogP contribution in [-0.2, 0) is 4.79 Å². The number of carboxylic acid groups (broad SMARTS) is 1. The van der Waals surface area contributed by atoms with Crippen LogP contribution in [0.15, 0.2) is 24.3 Å². The van der Waals surface area contributed by atoms with Gasteiger partial charge >= 0.3 is 5.97 Å². The van der Waals surface area contributed by atoms with Crippen molar-refractivity contribution < 1.29 is 29.1 Å². The predicted octanol–water partition coefficient (Wildman–Crippen LogP) is 3.40. The van der Waals surface area contributed by atoms with Crippen LogP contribution in [0.1, 0.15) is 36.0 Å². The first-order valence-electron chi connectivity index (χ1n) is 9.05. The third-order valence-electron chi connectivity index (χ3n) is 4.54. The van der Waals surface area contributed by atoms with Gasteiger partial charge in [0, 0.05) is 24.4 Å². The van der Waals surface area contributed by atoms with E-state index in [1.807, 2.05) is 0 Å². The Hall–Kier alpha value is -2.62. The zero-order valence-electron chi connectivity index (χ0n) is 16.1. The zero-order valence-corrected chi connectivity index (χ0v) is 17.6. The summed E-state index contributed by atoms with van der Waals surface area (Å²) in [5, 5.41) is 21.8. The highest BCUT2D eigenvalue weighted by atomic mass is 79.9. The van der Waals surface area contributed by atoms with E-state index in [1.165, 1.54) is 13.2 Å². The molecule has 1 aliphatic heterocycles. The number of amides is 1. The number of rotatable bonds is 10. The molecule has 10 heteroatoms. The highest BCUT2D eigenvalue weighted by Crippen LogP contribution is 2.36. The van der Waals surface area contributed by atoms with Gasteiger partial charge in [0.05, 0.1) is 24.7 Å². The summed E-state index contributed by atoms with van der Waals surface area (Å²) in [4.78, 5) is 36.4. The molecule has 1 heterocycles. The minimum absolute atomic E-state index is 0.0289. The predicted molar refractivity (Wildman–Crippen MR) is 109 cm³/mol. The fourth-order valence-electron chi connectivity index (χ4n) is 3.09. The number of ether oxygens (including phenoxy) is 2. The van der Waals surface area contributed by atoms with Crippen LogP contribution in [0.5, 0.6) is 11.5 Å². The molecule has 29 heavy (non-hydrogen) atoms. The van der Waals surface area contributed by atoms with E-state index in [0.29, 0.717) is 12.2 Å². The Labute approximate surface area is 176 Å². The molecule has 0 radical (unpaired) electrons. The Kier molecular flexibility index (Phi) is 8.00. The van der Waals surface area contributed by atoms with Crippen molar-refractivity contribution in [1.29, 1.82) is 0 Å². The molecule has 1 amide bonds. The van der Waals surface area contributed by atoms with Gasteiger partial charge < -0.3 is 19.5 Å². The quantitative estimate of drug-likeness (QED) is 0.183. The van der Waals surface area contributed by atoms with E-state index in [2.05, 4.69) is 22.5 Å². The topological polar surface area (TPSA) is 119 Å². The molecular weight excluding hydrogens is 448 g/mol. The molecular formula is C19H23BrN2O7. The van der Waals surface area contributed by atoms with Crippen molar-refractivity contribution in [1.82, 2.24) is 4.90 Å². The Morgan fingerprint density at radius 1 is 1.34 bits per heavy atom. The second-order valence-electron chi connectivity index (χ2n) is 6.62. The van der Waals surface area contributed by atoms with Crippen molar-refractivity contribution in [2.75, 3.05) is 25.6 Å². The summed E-state index contributed by atoms with van der Waals surface area (Å²) < 4.78 is 10.9.